The summed E-state index contributed by atoms with van der Waals surface area (Å²) in [4.78, 5) is 12.6. The topological polar surface area (TPSA) is 59.0 Å². The molecule has 1 fully saturated rings. The first-order valence-electron chi connectivity index (χ1n) is 7.21. The van der Waals surface area contributed by atoms with Crippen molar-refractivity contribution in [3.8, 4) is 0 Å². The van der Waals surface area contributed by atoms with Gasteiger partial charge < -0.3 is 14.4 Å². The Morgan fingerprint density at radius 3 is 2.43 bits per heavy atom. The van der Waals surface area contributed by atoms with Crippen molar-refractivity contribution in [2.75, 3.05) is 11.4 Å². The van der Waals surface area contributed by atoms with E-state index in [9.17, 15) is 9.90 Å². The molecule has 0 atom stereocenters. The second kappa shape index (κ2) is 4.48. The van der Waals surface area contributed by atoms with Crippen molar-refractivity contribution in [3.63, 3.8) is 0 Å². The van der Waals surface area contributed by atoms with E-state index in [-0.39, 0.29) is 0 Å². The fraction of sp³-hybridized carbons (Fsp3) is 0.533. The molecule has 6 heteroatoms. The number of nitrogens with zero attached hydrogens (tertiary/aromatic N) is 1. The van der Waals surface area contributed by atoms with Crippen LogP contribution in [0.3, 0.4) is 0 Å². The molecule has 1 aromatic carbocycles. The minimum atomic E-state index is -0.917. The number of anilines is 1. The van der Waals surface area contributed by atoms with E-state index < -0.39 is 24.4 Å². The molecule has 5 nitrogen and oxygen atoms in total. The predicted octanol–water partition coefficient (Wildman–Crippen LogP) is 2.03. The molecule has 1 amide bonds. The minimum absolute atomic E-state index is 0.397. The molecule has 1 aromatic rings. The molecule has 0 bridgehead atoms. The molecule has 0 radical (unpaired) electrons. The third-order valence-electron chi connectivity index (χ3n) is 4.80. The highest BCUT2D eigenvalue weighted by atomic mass is 16.7. The summed E-state index contributed by atoms with van der Waals surface area (Å²) in [6.45, 7) is 8.54. The van der Waals surface area contributed by atoms with E-state index in [1.165, 1.54) is 4.90 Å². The zero-order valence-corrected chi connectivity index (χ0v) is 12.8. The smallest absolute Gasteiger partial charge is 0.465 e. The van der Waals surface area contributed by atoms with E-state index in [4.69, 9.17) is 9.31 Å². The lowest BCUT2D eigenvalue weighted by atomic mass is 9.75. The van der Waals surface area contributed by atoms with Crippen LogP contribution in [0.1, 0.15) is 33.3 Å². The maximum atomic E-state index is 11.3. The van der Waals surface area contributed by atoms with Crippen LogP contribution in [0.4, 0.5) is 10.5 Å². The molecule has 2 aliphatic heterocycles. The molecular formula is C15H20BNO4. The summed E-state index contributed by atoms with van der Waals surface area (Å²) >= 11 is 0. The highest BCUT2D eigenvalue weighted by Crippen LogP contribution is 2.37. The predicted molar refractivity (Wildman–Crippen MR) is 81.2 cm³/mol. The van der Waals surface area contributed by atoms with Crippen LogP contribution in [0.2, 0.25) is 0 Å². The van der Waals surface area contributed by atoms with Crippen LogP contribution in [0, 0.1) is 0 Å². The SMILES string of the molecule is CC1(C)OB(c2cccc3c2CCN3C(=O)O)OC1(C)C. The Labute approximate surface area is 125 Å². The average molecular weight is 289 g/mol. The Kier molecular flexibility index (Phi) is 3.08. The van der Waals surface area contributed by atoms with Crippen LogP contribution in [0.5, 0.6) is 0 Å². The second-order valence-electron chi connectivity index (χ2n) is 6.62. The summed E-state index contributed by atoms with van der Waals surface area (Å²) in [5.74, 6) is 0. The number of carboxylic acid groups (broad SMARTS) is 1. The second-order valence-corrected chi connectivity index (χ2v) is 6.62. The van der Waals surface area contributed by atoms with Crippen LogP contribution in [0.15, 0.2) is 18.2 Å². The third-order valence-corrected chi connectivity index (χ3v) is 4.80. The molecule has 21 heavy (non-hydrogen) atoms. The van der Waals surface area contributed by atoms with Gasteiger partial charge >= 0.3 is 13.2 Å². The van der Waals surface area contributed by atoms with Gasteiger partial charge in [-0.05, 0) is 51.2 Å². The average Bonchev–Trinajstić information content (AvgIpc) is 2.88. The van der Waals surface area contributed by atoms with Gasteiger partial charge in [-0.25, -0.2) is 4.79 Å². The summed E-state index contributed by atoms with van der Waals surface area (Å²) in [6, 6.07) is 5.66. The first-order chi connectivity index (χ1) is 9.73. The summed E-state index contributed by atoms with van der Waals surface area (Å²) in [6.07, 6.45) is -0.221. The van der Waals surface area contributed by atoms with E-state index in [1.54, 1.807) is 0 Å². The Balaban J connectivity index is 1.98. The van der Waals surface area contributed by atoms with E-state index in [0.717, 1.165) is 16.7 Å². The van der Waals surface area contributed by atoms with Crippen molar-refractivity contribution in [3.05, 3.63) is 23.8 Å². The third kappa shape index (κ3) is 2.13. The van der Waals surface area contributed by atoms with Gasteiger partial charge in [-0.15, -0.1) is 0 Å². The van der Waals surface area contributed by atoms with Crippen molar-refractivity contribution in [2.24, 2.45) is 0 Å². The molecule has 2 heterocycles. The zero-order valence-electron chi connectivity index (χ0n) is 12.8. The number of fused-ring (bicyclic) bond motifs is 1. The van der Waals surface area contributed by atoms with Gasteiger partial charge in [0.05, 0.1) is 11.2 Å². The molecule has 0 spiro atoms. The maximum Gasteiger partial charge on any atom is 0.495 e. The quantitative estimate of drug-likeness (QED) is 0.804. The Hall–Kier alpha value is -1.53. The number of carbonyl (C=O) groups is 1. The van der Waals surface area contributed by atoms with E-state index in [1.807, 2.05) is 45.9 Å². The summed E-state index contributed by atoms with van der Waals surface area (Å²) in [5.41, 5.74) is 1.90. The number of hydrogen-bond donors (Lipinski definition) is 1. The first kappa shape index (κ1) is 14.4. The minimum Gasteiger partial charge on any atom is -0.465 e. The van der Waals surface area contributed by atoms with Crippen molar-refractivity contribution in [1.29, 1.82) is 0 Å². The van der Waals surface area contributed by atoms with Crippen LogP contribution in [-0.4, -0.2) is 36.1 Å². The van der Waals surface area contributed by atoms with Gasteiger partial charge in [0.15, 0.2) is 0 Å². The standard InChI is InChI=1S/C15H20BNO4/c1-14(2)15(3,4)21-16(20-14)11-6-5-7-12-10(11)8-9-17(12)13(18)19/h5-7H,8-9H2,1-4H3,(H,18,19). The Morgan fingerprint density at radius 1 is 1.24 bits per heavy atom. The van der Waals surface area contributed by atoms with Gasteiger partial charge in [0.2, 0.25) is 0 Å². The molecule has 1 N–H and O–H groups in total. The molecule has 0 unspecified atom stereocenters. The molecule has 2 aliphatic rings. The number of benzene rings is 1. The molecule has 3 rings (SSSR count). The van der Waals surface area contributed by atoms with Crippen LogP contribution >= 0.6 is 0 Å². The van der Waals surface area contributed by atoms with Gasteiger partial charge in [-0.1, -0.05) is 12.1 Å². The summed E-state index contributed by atoms with van der Waals surface area (Å²) < 4.78 is 12.2. The highest BCUT2D eigenvalue weighted by Gasteiger charge is 2.52. The summed E-state index contributed by atoms with van der Waals surface area (Å²) in [7, 11) is -0.446. The molecule has 0 saturated carbocycles. The molecule has 112 valence electrons. The lowest BCUT2D eigenvalue weighted by molar-refractivity contribution is 0.00578. The van der Waals surface area contributed by atoms with Crippen LogP contribution in [-0.2, 0) is 15.7 Å². The Bertz CT molecular complexity index is 583. The molecular weight excluding hydrogens is 269 g/mol. The molecule has 1 saturated heterocycles. The van der Waals surface area contributed by atoms with Gasteiger partial charge in [-0.2, -0.15) is 0 Å². The first-order valence-corrected chi connectivity index (χ1v) is 7.21. The maximum absolute atomic E-state index is 11.3. The zero-order chi connectivity index (χ0) is 15.4. The van der Waals surface area contributed by atoms with E-state index in [0.29, 0.717) is 13.0 Å². The monoisotopic (exact) mass is 289 g/mol. The fourth-order valence-electron chi connectivity index (χ4n) is 2.85. The molecule has 0 aliphatic carbocycles. The Morgan fingerprint density at radius 2 is 1.86 bits per heavy atom. The highest BCUT2D eigenvalue weighted by molar-refractivity contribution is 6.63. The lowest BCUT2D eigenvalue weighted by Crippen LogP contribution is -2.41. The van der Waals surface area contributed by atoms with Crippen molar-refractivity contribution >= 4 is 24.4 Å². The van der Waals surface area contributed by atoms with Crippen LogP contribution < -0.4 is 10.4 Å². The number of amides is 1. The lowest BCUT2D eigenvalue weighted by Gasteiger charge is -2.32. The van der Waals surface area contributed by atoms with Crippen LogP contribution in [0.25, 0.3) is 0 Å². The van der Waals surface area contributed by atoms with E-state index >= 15 is 0 Å². The van der Waals surface area contributed by atoms with Crippen molar-refractivity contribution < 1.29 is 19.2 Å². The van der Waals surface area contributed by atoms with Gasteiger partial charge in [-0.3, -0.25) is 4.90 Å². The fourth-order valence-corrected chi connectivity index (χ4v) is 2.85. The van der Waals surface area contributed by atoms with E-state index in [2.05, 4.69) is 0 Å². The summed E-state index contributed by atoms with van der Waals surface area (Å²) in [5, 5.41) is 9.25. The van der Waals surface area contributed by atoms with Crippen molar-refractivity contribution in [2.45, 2.75) is 45.3 Å². The van der Waals surface area contributed by atoms with Gasteiger partial charge in [0, 0.05) is 12.2 Å². The van der Waals surface area contributed by atoms with Crippen molar-refractivity contribution in [1.82, 2.24) is 0 Å². The number of rotatable bonds is 1. The number of hydrogen-bond acceptors (Lipinski definition) is 3. The van der Waals surface area contributed by atoms with Gasteiger partial charge in [0.25, 0.3) is 0 Å². The molecule has 0 aromatic heterocycles. The van der Waals surface area contributed by atoms with Gasteiger partial charge in [0.1, 0.15) is 0 Å². The normalized spacial score (nSPS) is 22.5. The largest absolute Gasteiger partial charge is 0.495 e.